The van der Waals surface area contributed by atoms with Gasteiger partial charge in [-0.1, -0.05) is 20.8 Å². The highest BCUT2D eigenvalue weighted by Crippen LogP contribution is 2.38. The van der Waals surface area contributed by atoms with E-state index in [1.165, 1.54) is 0 Å². The van der Waals surface area contributed by atoms with Crippen molar-refractivity contribution >= 4 is 0 Å². The fraction of sp³-hybridized carbons (Fsp3) is 0.818. The normalized spacial score (nSPS) is 22.2. The number of rotatable bonds is 2. The second kappa shape index (κ2) is 3.91. The number of nitrogens with two attached hydrogens (primary N) is 1. The molecule has 0 saturated heterocycles. The molecule has 3 nitrogen and oxygen atoms in total. The minimum atomic E-state index is -0.937. The molecule has 1 heterocycles. The lowest BCUT2D eigenvalue weighted by Gasteiger charge is -2.42. The molecule has 14 heavy (non-hydrogen) atoms. The Morgan fingerprint density at radius 3 is 2.50 bits per heavy atom. The second-order valence-electron chi connectivity index (χ2n) is 4.93. The molecule has 0 saturated carbocycles. The Kier molecular flexibility index (Phi) is 3.22. The summed E-state index contributed by atoms with van der Waals surface area (Å²) in [6, 6.07) is 0. The fourth-order valence-corrected chi connectivity index (χ4v) is 1.79. The van der Waals surface area contributed by atoms with Gasteiger partial charge >= 0.3 is 0 Å². The van der Waals surface area contributed by atoms with Crippen LogP contribution in [0.2, 0.25) is 0 Å². The van der Waals surface area contributed by atoms with Gasteiger partial charge in [-0.05, 0) is 23.8 Å². The molecule has 3 N–H and O–H groups in total. The quantitative estimate of drug-likeness (QED) is 0.707. The number of hydrogen-bond donors (Lipinski definition) is 2. The molecule has 0 fully saturated rings. The molecule has 0 aliphatic carbocycles. The molecule has 3 heteroatoms. The molecule has 0 spiro atoms. The lowest BCUT2D eigenvalue weighted by Crippen LogP contribution is -2.51. The topological polar surface area (TPSA) is 55.5 Å². The van der Waals surface area contributed by atoms with Crippen LogP contribution < -0.4 is 5.73 Å². The largest absolute Gasteiger partial charge is 0.501 e. The van der Waals surface area contributed by atoms with Crippen molar-refractivity contribution in [1.82, 2.24) is 0 Å². The summed E-state index contributed by atoms with van der Waals surface area (Å²) >= 11 is 0. The molecule has 82 valence electrons. The predicted molar refractivity (Wildman–Crippen MR) is 56.7 cm³/mol. The Morgan fingerprint density at radius 1 is 1.50 bits per heavy atom. The van der Waals surface area contributed by atoms with Crippen LogP contribution in [0.15, 0.2) is 11.8 Å². The van der Waals surface area contributed by atoms with E-state index in [-0.39, 0.29) is 12.0 Å². The summed E-state index contributed by atoms with van der Waals surface area (Å²) in [7, 11) is 0. The van der Waals surface area contributed by atoms with E-state index in [1.54, 1.807) is 6.26 Å². The molecule has 0 bridgehead atoms. The van der Waals surface area contributed by atoms with E-state index in [0.717, 1.165) is 25.0 Å². The smallest absolute Gasteiger partial charge is 0.106 e. The monoisotopic (exact) mass is 199 g/mol. The summed E-state index contributed by atoms with van der Waals surface area (Å²) in [4.78, 5) is 0. The minimum absolute atomic E-state index is 0.242. The summed E-state index contributed by atoms with van der Waals surface area (Å²) in [6.45, 7) is 6.97. The average molecular weight is 199 g/mol. The van der Waals surface area contributed by atoms with Crippen molar-refractivity contribution in [3.63, 3.8) is 0 Å². The van der Waals surface area contributed by atoms with Gasteiger partial charge in [-0.25, -0.2) is 0 Å². The molecule has 0 aromatic carbocycles. The molecule has 0 aromatic rings. The number of ether oxygens (including phenoxy) is 1. The van der Waals surface area contributed by atoms with Gasteiger partial charge in [0.05, 0.1) is 12.9 Å². The highest BCUT2D eigenvalue weighted by Gasteiger charge is 2.42. The minimum Gasteiger partial charge on any atom is -0.501 e. The van der Waals surface area contributed by atoms with Crippen LogP contribution in [0.3, 0.4) is 0 Å². The standard InChI is InChI=1S/C11H21NO2/c1-10(2,3)11(13,8-12)9-5-4-6-14-7-9/h7,13H,4-6,8,12H2,1-3H3. The molecular formula is C11H21NO2. The van der Waals surface area contributed by atoms with Crippen molar-refractivity contribution in [2.45, 2.75) is 39.2 Å². The molecule has 0 radical (unpaired) electrons. The maximum absolute atomic E-state index is 10.5. The van der Waals surface area contributed by atoms with Gasteiger partial charge in [0.1, 0.15) is 5.60 Å². The van der Waals surface area contributed by atoms with Gasteiger partial charge in [-0.2, -0.15) is 0 Å². The Balaban J connectivity index is 2.94. The molecule has 1 aliphatic rings. The van der Waals surface area contributed by atoms with Gasteiger partial charge in [0.2, 0.25) is 0 Å². The maximum Gasteiger partial charge on any atom is 0.106 e. The Hall–Kier alpha value is -0.540. The maximum atomic E-state index is 10.5. The third-order valence-corrected chi connectivity index (χ3v) is 3.00. The van der Waals surface area contributed by atoms with Gasteiger partial charge in [-0.3, -0.25) is 0 Å². The first-order valence-corrected chi connectivity index (χ1v) is 5.15. The second-order valence-corrected chi connectivity index (χ2v) is 4.93. The third-order valence-electron chi connectivity index (χ3n) is 3.00. The van der Waals surface area contributed by atoms with E-state index in [4.69, 9.17) is 10.5 Å². The average Bonchev–Trinajstić information content (AvgIpc) is 2.16. The Morgan fingerprint density at radius 2 is 2.14 bits per heavy atom. The highest BCUT2D eigenvalue weighted by atomic mass is 16.5. The zero-order valence-electron chi connectivity index (χ0n) is 9.34. The zero-order valence-corrected chi connectivity index (χ0v) is 9.34. The first kappa shape index (κ1) is 11.5. The predicted octanol–water partition coefficient (Wildman–Crippen LogP) is 1.42. The van der Waals surface area contributed by atoms with Crippen LogP contribution in [0.25, 0.3) is 0 Å². The van der Waals surface area contributed by atoms with E-state index in [1.807, 2.05) is 20.8 Å². The van der Waals surface area contributed by atoms with Gasteiger partial charge in [0.15, 0.2) is 0 Å². The first-order chi connectivity index (χ1) is 6.42. The Labute approximate surface area is 85.9 Å². The third kappa shape index (κ3) is 1.93. The Bertz CT molecular complexity index is 230. The van der Waals surface area contributed by atoms with Crippen LogP contribution in [0.5, 0.6) is 0 Å². The lowest BCUT2D eigenvalue weighted by molar-refractivity contribution is -0.0251. The fourth-order valence-electron chi connectivity index (χ4n) is 1.79. The molecule has 0 aromatic heterocycles. The van der Waals surface area contributed by atoms with Gasteiger partial charge in [-0.15, -0.1) is 0 Å². The lowest BCUT2D eigenvalue weighted by atomic mass is 9.71. The van der Waals surface area contributed by atoms with Gasteiger partial charge in [0, 0.05) is 6.54 Å². The van der Waals surface area contributed by atoms with Crippen molar-refractivity contribution in [2.24, 2.45) is 11.1 Å². The van der Waals surface area contributed by atoms with E-state index >= 15 is 0 Å². The summed E-state index contributed by atoms with van der Waals surface area (Å²) in [5.74, 6) is 0. The molecule has 1 atom stereocenters. The van der Waals surface area contributed by atoms with Crippen molar-refractivity contribution in [1.29, 1.82) is 0 Å². The molecule has 1 unspecified atom stereocenters. The number of aliphatic hydroxyl groups is 1. The van der Waals surface area contributed by atoms with E-state index in [0.29, 0.717) is 0 Å². The van der Waals surface area contributed by atoms with E-state index < -0.39 is 5.60 Å². The van der Waals surface area contributed by atoms with E-state index in [2.05, 4.69) is 0 Å². The van der Waals surface area contributed by atoms with Gasteiger partial charge < -0.3 is 15.6 Å². The molecule has 0 amide bonds. The van der Waals surface area contributed by atoms with Crippen LogP contribution in [0.1, 0.15) is 33.6 Å². The SMILES string of the molecule is CC(C)(C)C(O)(CN)C1=COCCC1. The van der Waals surface area contributed by atoms with E-state index in [9.17, 15) is 5.11 Å². The van der Waals surface area contributed by atoms with Crippen LogP contribution in [0, 0.1) is 5.41 Å². The zero-order chi connectivity index (χ0) is 10.8. The van der Waals surface area contributed by atoms with Gasteiger partial charge in [0.25, 0.3) is 0 Å². The van der Waals surface area contributed by atoms with Crippen molar-refractivity contribution in [2.75, 3.05) is 13.2 Å². The van der Waals surface area contributed by atoms with Crippen LogP contribution in [-0.4, -0.2) is 23.9 Å². The highest BCUT2D eigenvalue weighted by molar-refractivity contribution is 5.20. The van der Waals surface area contributed by atoms with Crippen molar-refractivity contribution < 1.29 is 9.84 Å². The molecule has 1 rings (SSSR count). The summed E-state index contributed by atoms with van der Waals surface area (Å²) < 4.78 is 5.25. The van der Waals surface area contributed by atoms with Crippen molar-refractivity contribution in [3.8, 4) is 0 Å². The summed E-state index contributed by atoms with van der Waals surface area (Å²) in [6.07, 6.45) is 3.52. The van der Waals surface area contributed by atoms with Crippen LogP contribution >= 0.6 is 0 Å². The van der Waals surface area contributed by atoms with Crippen molar-refractivity contribution in [3.05, 3.63) is 11.8 Å². The molecular weight excluding hydrogens is 178 g/mol. The molecule has 1 aliphatic heterocycles. The van der Waals surface area contributed by atoms with Crippen LogP contribution in [-0.2, 0) is 4.74 Å². The van der Waals surface area contributed by atoms with Crippen LogP contribution in [0.4, 0.5) is 0 Å². The first-order valence-electron chi connectivity index (χ1n) is 5.15. The number of hydrogen-bond acceptors (Lipinski definition) is 3. The summed E-state index contributed by atoms with van der Waals surface area (Å²) in [5.41, 5.74) is 5.41. The summed E-state index contributed by atoms with van der Waals surface area (Å²) in [5, 5.41) is 10.5.